The van der Waals surface area contributed by atoms with Crippen molar-refractivity contribution in [2.24, 2.45) is 10.8 Å². The first kappa shape index (κ1) is 23.9. The largest absolute Gasteiger partial charge is 0.468 e. The van der Waals surface area contributed by atoms with Gasteiger partial charge in [0.15, 0.2) is 0 Å². The van der Waals surface area contributed by atoms with Crippen LogP contribution >= 0.6 is 0 Å². The molecule has 4 rings (SSSR count). The lowest BCUT2D eigenvalue weighted by atomic mass is 9.67. The van der Waals surface area contributed by atoms with Crippen LogP contribution in [0, 0.1) is 10.8 Å². The van der Waals surface area contributed by atoms with Crippen molar-refractivity contribution in [3.63, 3.8) is 0 Å². The zero-order valence-electron chi connectivity index (χ0n) is 19.6. The number of carbonyl (C=O) groups excluding carboxylic acids is 3. The summed E-state index contributed by atoms with van der Waals surface area (Å²) in [6.07, 6.45) is -0.673. The predicted molar refractivity (Wildman–Crippen MR) is 119 cm³/mol. The Bertz CT molecular complexity index is 1050. The van der Waals surface area contributed by atoms with E-state index in [1.54, 1.807) is 0 Å². The lowest BCUT2D eigenvalue weighted by Crippen LogP contribution is -2.63. The average molecular weight is 469 g/mol. The molecule has 2 aromatic carbocycles. The summed E-state index contributed by atoms with van der Waals surface area (Å²) in [6.45, 7) is 0. The molecule has 1 aliphatic heterocycles. The Kier molecular flexibility index (Phi) is 6.22. The lowest BCUT2D eigenvalue weighted by Gasteiger charge is -2.43. The maximum Gasteiger partial charge on any atom is 0.328 e. The Morgan fingerprint density at radius 3 is 1.71 bits per heavy atom. The summed E-state index contributed by atoms with van der Waals surface area (Å²) in [5.41, 5.74) is -2.13. The van der Waals surface area contributed by atoms with E-state index in [4.69, 9.17) is 23.7 Å². The third-order valence-corrected chi connectivity index (χ3v) is 7.35. The standard InChI is InChI=1S/C26H28O8/c1-30-21(27)24-16-20(18-13-9-6-10-14-18)34-26(24,33-4)25(22(28)31-2,23(29)32-3)15-19(24)17-11-7-5-8-12-17/h5-14,19-20H,15-16H2,1-4H3/t19-,20-,24+,26+/m0/s1. The van der Waals surface area contributed by atoms with Crippen molar-refractivity contribution in [3.05, 3.63) is 71.8 Å². The van der Waals surface area contributed by atoms with E-state index in [-0.39, 0.29) is 12.8 Å². The second-order valence-electron chi connectivity index (χ2n) is 8.56. The van der Waals surface area contributed by atoms with E-state index in [1.807, 2.05) is 60.7 Å². The number of ether oxygens (including phenoxy) is 5. The van der Waals surface area contributed by atoms with Crippen LogP contribution in [-0.2, 0) is 38.1 Å². The van der Waals surface area contributed by atoms with Crippen LogP contribution in [0.4, 0.5) is 0 Å². The monoisotopic (exact) mass is 468 g/mol. The minimum atomic E-state index is -2.08. The lowest BCUT2D eigenvalue weighted by molar-refractivity contribution is -0.294. The van der Waals surface area contributed by atoms with Gasteiger partial charge in [-0.05, 0) is 24.0 Å². The van der Waals surface area contributed by atoms with Crippen molar-refractivity contribution >= 4 is 17.9 Å². The van der Waals surface area contributed by atoms with Gasteiger partial charge in [-0.25, -0.2) is 0 Å². The molecule has 180 valence electrons. The second kappa shape index (κ2) is 8.85. The second-order valence-corrected chi connectivity index (χ2v) is 8.56. The van der Waals surface area contributed by atoms with E-state index < -0.39 is 46.5 Å². The molecule has 0 N–H and O–H groups in total. The molecule has 0 spiro atoms. The van der Waals surface area contributed by atoms with Crippen LogP contribution in [0.3, 0.4) is 0 Å². The fourth-order valence-corrected chi connectivity index (χ4v) is 6.00. The third kappa shape index (κ3) is 2.95. The van der Waals surface area contributed by atoms with Gasteiger partial charge in [0.2, 0.25) is 11.2 Å². The highest BCUT2D eigenvalue weighted by atomic mass is 16.7. The quantitative estimate of drug-likeness (QED) is 0.362. The van der Waals surface area contributed by atoms with Crippen LogP contribution in [0.25, 0.3) is 0 Å². The van der Waals surface area contributed by atoms with Gasteiger partial charge in [-0.3, -0.25) is 14.4 Å². The number of methoxy groups -OCH3 is 4. The molecule has 0 bridgehead atoms. The smallest absolute Gasteiger partial charge is 0.328 e. The number of benzene rings is 2. The van der Waals surface area contributed by atoms with Crippen LogP contribution in [0.2, 0.25) is 0 Å². The van der Waals surface area contributed by atoms with Crippen molar-refractivity contribution in [2.45, 2.75) is 30.7 Å². The van der Waals surface area contributed by atoms with Gasteiger partial charge < -0.3 is 23.7 Å². The van der Waals surface area contributed by atoms with Crippen LogP contribution in [0.15, 0.2) is 60.7 Å². The number of hydrogen-bond acceptors (Lipinski definition) is 8. The summed E-state index contributed by atoms with van der Waals surface area (Å²) in [7, 11) is 4.94. The molecule has 1 saturated heterocycles. The zero-order valence-corrected chi connectivity index (χ0v) is 19.6. The summed E-state index contributed by atoms with van der Waals surface area (Å²) >= 11 is 0. The van der Waals surface area contributed by atoms with Gasteiger partial charge in [-0.2, -0.15) is 0 Å². The Hall–Kier alpha value is -3.23. The number of hydrogen-bond donors (Lipinski definition) is 0. The van der Waals surface area contributed by atoms with E-state index >= 15 is 0 Å². The molecule has 2 aliphatic rings. The molecule has 0 unspecified atom stereocenters. The highest BCUT2D eigenvalue weighted by Gasteiger charge is 2.86. The molecule has 0 aromatic heterocycles. The molecule has 2 fully saturated rings. The van der Waals surface area contributed by atoms with Crippen molar-refractivity contribution in [2.75, 3.05) is 28.4 Å². The third-order valence-electron chi connectivity index (χ3n) is 7.35. The first-order valence-electron chi connectivity index (χ1n) is 11.0. The first-order valence-corrected chi connectivity index (χ1v) is 11.0. The molecule has 0 radical (unpaired) electrons. The Balaban J connectivity index is 2.07. The molecule has 8 heteroatoms. The summed E-state index contributed by atoms with van der Waals surface area (Å²) in [4.78, 5) is 40.7. The van der Waals surface area contributed by atoms with Crippen LogP contribution in [0.5, 0.6) is 0 Å². The Labute approximate surface area is 198 Å². The number of fused-ring (bicyclic) bond motifs is 1. The topological polar surface area (TPSA) is 97.4 Å². The molecule has 8 nitrogen and oxygen atoms in total. The predicted octanol–water partition coefficient (Wildman–Crippen LogP) is 3.17. The molecule has 0 amide bonds. The van der Waals surface area contributed by atoms with E-state index in [0.717, 1.165) is 11.1 Å². The van der Waals surface area contributed by atoms with E-state index in [1.165, 1.54) is 28.4 Å². The molecule has 1 heterocycles. The van der Waals surface area contributed by atoms with Crippen LogP contribution < -0.4 is 0 Å². The molecule has 34 heavy (non-hydrogen) atoms. The van der Waals surface area contributed by atoms with Crippen molar-refractivity contribution in [1.29, 1.82) is 0 Å². The van der Waals surface area contributed by atoms with Crippen molar-refractivity contribution < 1.29 is 38.1 Å². The maximum atomic E-state index is 13.8. The fourth-order valence-electron chi connectivity index (χ4n) is 6.00. The average Bonchev–Trinajstić information content (AvgIpc) is 3.38. The van der Waals surface area contributed by atoms with E-state index in [0.29, 0.717) is 0 Å². The van der Waals surface area contributed by atoms with E-state index in [2.05, 4.69) is 0 Å². The van der Waals surface area contributed by atoms with Gasteiger partial charge >= 0.3 is 17.9 Å². The molecule has 2 aromatic rings. The summed E-state index contributed by atoms with van der Waals surface area (Å²) in [6, 6.07) is 18.5. The summed E-state index contributed by atoms with van der Waals surface area (Å²) in [5, 5.41) is 0. The number of carbonyl (C=O) groups is 3. The highest BCUT2D eigenvalue weighted by Crippen LogP contribution is 2.73. The number of esters is 3. The molecular weight excluding hydrogens is 440 g/mol. The van der Waals surface area contributed by atoms with Gasteiger partial charge in [-0.15, -0.1) is 0 Å². The fraction of sp³-hybridized carbons (Fsp3) is 0.423. The minimum Gasteiger partial charge on any atom is -0.468 e. The van der Waals surface area contributed by atoms with Crippen LogP contribution in [-0.4, -0.2) is 52.1 Å². The zero-order chi connectivity index (χ0) is 24.6. The summed E-state index contributed by atoms with van der Waals surface area (Å²) < 4.78 is 28.1. The minimum absolute atomic E-state index is 0.118. The molecule has 4 atom stereocenters. The SMILES string of the molecule is COC(=O)C1(C(=O)OC)C[C@@H](c2ccccc2)[C@@]2(C(=O)OC)C[C@@H](c3ccccc3)O[C@@]12OC. The normalized spacial score (nSPS) is 29.2. The molecule has 1 saturated carbocycles. The Morgan fingerprint density at radius 1 is 0.735 bits per heavy atom. The van der Waals surface area contributed by atoms with Gasteiger partial charge in [0.25, 0.3) is 0 Å². The maximum absolute atomic E-state index is 13.8. The summed E-state index contributed by atoms with van der Waals surface area (Å²) in [5.74, 6) is -5.17. The number of rotatable bonds is 6. The first-order chi connectivity index (χ1) is 16.4. The van der Waals surface area contributed by atoms with Crippen LogP contribution in [0.1, 0.15) is 36.0 Å². The van der Waals surface area contributed by atoms with Gasteiger partial charge in [0.1, 0.15) is 5.41 Å². The van der Waals surface area contributed by atoms with E-state index in [9.17, 15) is 14.4 Å². The molecule has 1 aliphatic carbocycles. The van der Waals surface area contributed by atoms with Gasteiger partial charge in [-0.1, -0.05) is 60.7 Å². The van der Waals surface area contributed by atoms with Gasteiger partial charge in [0, 0.05) is 13.0 Å². The van der Waals surface area contributed by atoms with Gasteiger partial charge in [0.05, 0.1) is 27.4 Å². The van der Waals surface area contributed by atoms with Crippen molar-refractivity contribution in [3.8, 4) is 0 Å². The molecular formula is C26H28O8. The Morgan fingerprint density at radius 2 is 1.24 bits per heavy atom. The highest BCUT2D eigenvalue weighted by molar-refractivity contribution is 6.04. The van der Waals surface area contributed by atoms with Crippen molar-refractivity contribution in [1.82, 2.24) is 0 Å².